The number of carbonyl (C=O) groups excluding carboxylic acids is 1. The van der Waals surface area contributed by atoms with E-state index in [1.807, 2.05) is 31.2 Å². The molecule has 0 bridgehead atoms. The summed E-state index contributed by atoms with van der Waals surface area (Å²) in [5.41, 5.74) is 2.76. The molecule has 1 saturated heterocycles. The zero-order valence-corrected chi connectivity index (χ0v) is 12.1. The van der Waals surface area contributed by atoms with E-state index in [0.29, 0.717) is 0 Å². The summed E-state index contributed by atoms with van der Waals surface area (Å²) in [7, 11) is 0. The Morgan fingerprint density at radius 1 is 1.05 bits per heavy atom. The van der Waals surface area contributed by atoms with Crippen LogP contribution >= 0.6 is 0 Å². The van der Waals surface area contributed by atoms with Crippen LogP contribution in [0.3, 0.4) is 0 Å². The standard InChI is InChI=1S/C17H18N2O2/c1-12-4-6-13(7-5-12)15-9-8-14(16(20)18-15)17(21)19-10-2-3-11-19/h4-9H,2-3,10-11H2,1H3,(H,18,20). The second kappa shape index (κ2) is 5.56. The minimum Gasteiger partial charge on any atom is -0.338 e. The van der Waals surface area contributed by atoms with Crippen LogP contribution < -0.4 is 5.56 Å². The van der Waals surface area contributed by atoms with Gasteiger partial charge >= 0.3 is 0 Å². The first kappa shape index (κ1) is 13.6. The molecular formula is C17H18N2O2. The molecule has 0 unspecified atom stereocenters. The predicted octanol–water partition coefficient (Wildman–Crippen LogP) is 2.59. The van der Waals surface area contributed by atoms with Crippen molar-refractivity contribution in [1.29, 1.82) is 0 Å². The smallest absolute Gasteiger partial charge is 0.261 e. The second-order valence-electron chi connectivity index (χ2n) is 5.48. The number of nitrogens with zero attached hydrogens (tertiary/aromatic N) is 1. The maximum Gasteiger partial charge on any atom is 0.261 e. The number of pyridine rings is 1. The first-order valence-corrected chi connectivity index (χ1v) is 7.25. The number of rotatable bonds is 2. The van der Waals surface area contributed by atoms with Crippen molar-refractivity contribution in [3.8, 4) is 11.3 Å². The molecule has 0 aliphatic carbocycles. The van der Waals surface area contributed by atoms with Crippen LogP contribution in [0.5, 0.6) is 0 Å². The highest BCUT2D eigenvalue weighted by Crippen LogP contribution is 2.17. The molecule has 108 valence electrons. The van der Waals surface area contributed by atoms with E-state index in [-0.39, 0.29) is 17.0 Å². The molecule has 1 aliphatic rings. The number of hydrogen-bond donors (Lipinski definition) is 1. The number of benzene rings is 1. The number of likely N-dealkylation sites (tertiary alicyclic amines) is 1. The van der Waals surface area contributed by atoms with Crippen molar-refractivity contribution in [2.24, 2.45) is 0 Å². The highest BCUT2D eigenvalue weighted by atomic mass is 16.2. The topological polar surface area (TPSA) is 53.2 Å². The van der Waals surface area contributed by atoms with E-state index >= 15 is 0 Å². The van der Waals surface area contributed by atoms with E-state index in [0.717, 1.165) is 37.2 Å². The van der Waals surface area contributed by atoms with Crippen LogP contribution in [-0.2, 0) is 0 Å². The molecule has 1 aliphatic heterocycles. The minimum absolute atomic E-state index is 0.163. The van der Waals surface area contributed by atoms with Gasteiger partial charge in [-0.15, -0.1) is 0 Å². The molecule has 0 saturated carbocycles. The van der Waals surface area contributed by atoms with Gasteiger partial charge in [0.25, 0.3) is 11.5 Å². The Labute approximate surface area is 123 Å². The Morgan fingerprint density at radius 2 is 1.71 bits per heavy atom. The molecular weight excluding hydrogens is 264 g/mol. The largest absolute Gasteiger partial charge is 0.338 e. The van der Waals surface area contributed by atoms with Crippen LogP contribution in [0.4, 0.5) is 0 Å². The van der Waals surface area contributed by atoms with Crippen molar-refractivity contribution >= 4 is 5.91 Å². The highest BCUT2D eigenvalue weighted by Gasteiger charge is 2.21. The Hall–Kier alpha value is -2.36. The van der Waals surface area contributed by atoms with Crippen LogP contribution in [-0.4, -0.2) is 28.9 Å². The van der Waals surface area contributed by atoms with Gasteiger partial charge in [-0.1, -0.05) is 29.8 Å². The Kier molecular flexibility index (Phi) is 3.60. The summed E-state index contributed by atoms with van der Waals surface area (Å²) in [4.78, 5) is 29.0. The molecule has 0 atom stereocenters. The van der Waals surface area contributed by atoms with Gasteiger partial charge in [-0.05, 0) is 37.5 Å². The molecule has 1 aromatic carbocycles. The summed E-state index contributed by atoms with van der Waals surface area (Å²) in [5.74, 6) is -0.163. The molecule has 2 aromatic rings. The van der Waals surface area contributed by atoms with E-state index in [9.17, 15) is 9.59 Å². The molecule has 4 nitrogen and oxygen atoms in total. The third-order valence-corrected chi connectivity index (χ3v) is 3.90. The number of amides is 1. The van der Waals surface area contributed by atoms with Crippen LogP contribution in [0.2, 0.25) is 0 Å². The fourth-order valence-electron chi connectivity index (χ4n) is 2.63. The van der Waals surface area contributed by atoms with E-state index in [4.69, 9.17) is 0 Å². The van der Waals surface area contributed by atoms with Crippen LogP contribution in [0.25, 0.3) is 11.3 Å². The lowest BCUT2D eigenvalue weighted by Crippen LogP contribution is -2.32. The van der Waals surface area contributed by atoms with Crippen molar-refractivity contribution in [2.75, 3.05) is 13.1 Å². The number of hydrogen-bond acceptors (Lipinski definition) is 2. The number of nitrogens with one attached hydrogen (secondary N) is 1. The number of aromatic nitrogens is 1. The third-order valence-electron chi connectivity index (χ3n) is 3.90. The quantitative estimate of drug-likeness (QED) is 0.920. The van der Waals surface area contributed by atoms with Gasteiger partial charge < -0.3 is 9.88 Å². The van der Waals surface area contributed by atoms with Crippen LogP contribution in [0, 0.1) is 6.92 Å². The van der Waals surface area contributed by atoms with Crippen molar-refractivity contribution < 1.29 is 4.79 Å². The molecule has 21 heavy (non-hydrogen) atoms. The maximum absolute atomic E-state index is 12.3. The lowest BCUT2D eigenvalue weighted by molar-refractivity contribution is 0.0791. The molecule has 1 aromatic heterocycles. The Bertz CT molecular complexity index is 710. The summed E-state index contributed by atoms with van der Waals surface area (Å²) >= 11 is 0. The summed E-state index contributed by atoms with van der Waals surface area (Å²) < 4.78 is 0. The Morgan fingerprint density at radius 3 is 2.33 bits per heavy atom. The minimum atomic E-state index is -0.315. The third kappa shape index (κ3) is 2.75. The fourth-order valence-corrected chi connectivity index (χ4v) is 2.63. The van der Waals surface area contributed by atoms with Crippen molar-refractivity contribution in [2.45, 2.75) is 19.8 Å². The summed E-state index contributed by atoms with van der Waals surface area (Å²) in [5, 5.41) is 0. The highest BCUT2D eigenvalue weighted by molar-refractivity contribution is 5.94. The molecule has 1 fully saturated rings. The van der Waals surface area contributed by atoms with Gasteiger partial charge in [0.05, 0.1) is 0 Å². The lowest BCUT2D eigenvalue weighted by atomic mass is 10.1. The fraction of sp³-hybridized carbons (Fsp3) is 0.294. The van der Waals surface area contributed by atoms with Gasteiger partial charge in [0.1, 0.15) is 5.56 Å². The molecule has 3 rings (SSSR count). The van der Waals surface area contributed by atoms with E-state index in [2.05, 4.69) is 4.98 Å². The summed E-state index contributed by atoms with van der Waals surface area (Å²) in [6, 6.07) is 11.4. The molecule has 0 spiro atoms. The van der Waals surface area contributed by atoms with Crippen molar-refractivity contribution in [1.82, 2.24) is 9.88 Å². The van der Waals surface area contributed by atoms with Gasteiger partial charge in [0.2, 0.25) is 0 Å². The van der Waals surface area contributed by atoms with Gasteiger partial charge in [-0.3, -0.25) is 9.59 Å². The number of carbonyl (C=O) groups is 1. The number of H-pyrrole nitrogens is 1. The van der Waals surface area contributed by atoms with Crippen LogP contribution in [0.1, 0.15) is 28.8 Å². The van der Waals surface area contributed by atoms with Crippen molar-refractivity contribution in [3.05, 3.63) is 57.9 Å². The number of aromatic amines is 1. The molecule has 4 heteroatoms. The van der Waals surface area contributed by atoms with E-state index in [1.54, 1.807) is 17.0 Å². The normalized spacial score (nSPS) is 14.4. The molecule has 2 heterocycles. The zero-order valence-electron chi connectivity index (χ0n) is 12.1. The van der Waals surface area contributed by atoms with Gasteiger partial charge in [0, 0.05) is 18.8 Å². The zero-order chi connectivity index (χ0) is 14.8. The van der Waals surface area contributed by atoms with Crippen LogP contribution in [0.15, 0.2) is 41.2 Å². The predicted molar refractivity (Wildman–Crippen MR) is 82.4 cm³/mol. The second-order valence-corrected chi connectivity index (χ2v) is 5.48. The van der Waals surface area contributed by atoms with E-state index in [1.165, 1.54) is 5.56 Å². The molecule has 1 N–H and O–H groups in total. The van der Waals surface area contributed by atoms with Gasteiger partial charge in [0.15, 0.2) is 0 Å². The SMILES string of the molecule is Cc1ccc(-c2ccc(C(=O)N3CCCC3)c(=O)[nH]2)cc1. The van der Waals surface area contributed by atoms with Crippen molar-refractivity contribution in [3.63, 3.8) is 0 Å². The number of aryl methyl sites for hydroxylation is 1. The van der Waals surface area contributed by atoms with Gasteiger partial charge in [-0.2, -0.15) is 0 Å². The van der Waals surface area contributed by atoms with E-state index < -0.39 is 0 Å². The molecule has 0 radical (unpaired) electrons. The lowest BCUT2D eigenvalue weighted by Gasteiger charge is -2.14. The first-order chi connectivity index (χ1) is 10.1. The monoisotopic (exact) mass is 282 g/mol. The average molecular weight is 282 g/mol. The maximum atomic E-state index is 12.3. The summed E-state index contributed by atoms with van der Waals surface area (Å²) in [6.45, 7) is 3.51. The Balaban J connectivity index is 1.91. The summed E-state index contributed by atoms with van der Waals surface area (Å²) in [6.07, 6.45) is 2.04. The average Bonchev–Trinajstić information content (AvgIpc) is 3.01. The molecule has 1 amide bonds. The van der Waals surface area contributed by atoms with Gasteiger partial charge in [-0.25, -0.2) is 0 Å². The first-order valence-electron chi connectivity index (χ1n) is 7.25.